The minimum atomic E-state index is -0.528. The summed E-state index contributed by atoms with van der Waals surface area (Å²) in [6.07, 6.45) is 3.45. The fourth-order valence-corrected chi connectivity index (χ4v) is 1.59. The Hall–Kier alpha value is -1.50. The van der Waals surface area contributed by atoms with E-state index >= 15 is 0 Å². The molecule has 2 heterocycles. The number of piperidine rings is 1. The zero-order valence-electron chi connectivity index (χ0n) is 7.59. The predicted octanol–water partition coefficient (Wildman–Crippen LogP) is 0.111. The molecule has 1 atom stereocenters. The Bertz CT molecular complexity index is 331. The summed E-state index contributed by atoms with van der Waals surface area (Å²) in [7, 11) is 0. The lowest BCUT2D eigenvalue weighted by Gasteiger charge is -2.21. The first-order chi connectivity index (χ1) is 6.77. The molecule has 0 saturated carbocycles. The van der Waals surface area contributed by atoms with Gasteiger partial charge in [0.1, 0.15) is 11.3 Å². The molecule has 14 heavy (non-hydrogen) atoms. The highest BCUT2D eigenvalue weighted by Crippen LogP contribution is 2.16. The molecule has 1 aromatic rings. The van der Waals surface area contributed by atoms with Gasteiger partial charge in [0.25, 0.3) is 0 Å². The molecule has 7 heteroatoms. The normalized spacial score (nSPS) is 22.1. The lowest BCUT2D eigenvalue weighted by Crippen LogP contribution is -2.31. The standard InChI is InChI=1S/C7H11N5O2/c13-12(14)7-5-11(10-9-7)6-2-1-3-8-4-6/h5-6,8H,1-4H2. The third kappa shape index (κ3) is 1.72. The minimum absolute atomic E-state index is 0.185. The van der Waals surface area contributed by atoms with Crippen molar-refractivity contribution in [1.82, 2.24) is 20.3 Å². The van der Waals surface area contributed by atoms with Crippen LogP contribution in [0.25, 0.3) is 0 Å². The number of aromatic nitrogens is 3. The van der Waals surface area contributed by atoms with E-state index in [0.717, 1.165) is 25.9 Å². The molecule has 1 N–H and O–H groups in total. The quantitative estimate of drug-likeness (QED) is 0.537. The first-order valence-electron chi connectivity index (χ1n) is 4.54. The summed E-state index contributed by atoms with van der Waals surface area (Å²) in [6, 6.07) is 0.199. The van der Waals surface area contributed by atoms with E-state index in [1.165, 1.54) is 6.20 Å². The fourth-order valence-electron chi connectivity index (χ4n) is 1.59. The first-order valence-corrected chi connectivity index (χ1v) is 4.54. The van der Waals surface area contributed by atoms with Crippen LogP contribution >= 0.6 is 0 Å². The summed E-state index contributed by atoms with van der Waals surface area (Å²) in [6.45, 7) is 1.81. The van der Waals surface area contributed by atoms with Gasteiger partial charge in [-0.3, -0.25) is 0 Å². The van der Waals surface area contributed by atoms with Crippen LogP contribution in [-0.2, 0) is 0 Å². The van der Waals surface area contributed by atoms with Crippen LogP contribution in [0.5, 0.6) is 0 Å². The van der Waals surface area contributed by atoms with Crippen LogP contribution in [0.15, 0.2) is 6.20 Å². The van der Waals surface area contributed by atoms with Gasteiger partial charge in [-0.15, -0.1) is 0 Å². The van der Waals surface area contributed by atoms with E-state index < -0.39 is 4.92 Å². The number of nitrogens with zero attached hydrogens (tertiary/aromatic N) is 4. The highest BCUT2D eigenvalue weighted by Gasteiger charge is 2.20. The highest BCUT2D eigenvalue weighted by atomic mass is 16.6. The van der Waals surface area contributed by atoms with E-state index in [1.54, 1.807) is 4.68 Å². The third-order valence-corrected chi connectivity index (χ3v) is 2.33. The van der Waals surface area contributed by atoms with Crippen molar-refractivity contribution >= 4 is 5.82 Å². The zero-order chi connectivity index (χ0) is 9.97. The van der Waals surface area contributed by atoms with Gasteiger partial charge < -0.3 is 15.4 Å². The van der Waals surface area contributed by atoms with Gasteiger partial charge in [-0.2, -0.15) is 0 Å². The minimum Gasteiger partial charge on any atom is -0.358 e. The molecule has 1 unspecified atom stereocenters. The van der Waals surface area contributed by atoms with Crippen molar-refractivity contribution in [2.45, 2.75) is 18.9 Å². The Kier molecular flexibility index (Phi) is 2.40. The second kappa shape index (κ2) is 3.70. The van der Waals surface area contributed by atoms with E-state index in [4.69, 9.17) is 0 Å². The molecule has 1 aliphatic heterocycles. The van der Waals surface area contributed by atoms with Crippen LogP contribution in [0.4, 0.5) is 5.82 Å². The number of rotatable bonds is 2. The van der Waals surface area contributed by atoms with Gasteiger partial charge >= 0.3 is 5.82 Å². The van der Waals surface area contributed by atoms with Crippen LogP contribution in [-0.4, -0.2) is 33.0 Å². The maximum absolute atomic E-state index is 10.4. The second-order valence-electron chi connectivity index (χ2n) is 3.31. The second-order valence-corrected chi connectivity index (χ2v) is 3.31. The van der Waals surface area contributed by atoms with E-state index in [-0.39, 0.29) is 11.9 Å². The van der Waals surface area contributed by atoms with Gasteiger partial charge in [0, 0.05) is 6.54 Å². The SMILES string of the molecule is O=[N+]([O-])c1cn(C2CCCNC2)nn1. The van der Waals surface area contributed by atoms with Gasteiger partial charge in [-0.05, 0) is 24.3 Å². The lowest BCUT2D eigenvalue weighted by molar-refractivity contribution is -0.389. The summed E-state index contributed by atoms with van der Waals surface area (Å²) in [4.78, 5) is 9.84. The predicted molar refractivity (Wildman–Crippen MR) is 47.8 cm³/mol. The van der Waals surface area contributed by atoms with Crippen LogP contribution in [0.1, 0.15) is 18.9 Å². The smallest absolute Gasteiger partial charge is 0.358 e. The summed E-state index contributed by atoms with van der Waals surface area (Å²) in [5.74, 6) is -0.185. The average Bonchev–Trinajstić information content (AvgIpc) is 2.68. The number of nitrogens with one attached hydrogen (secondary N) is 1. The average molecular weight is 197 g/mol. The van der Waals surface area contributed by atoms with E-state index in [9.17, 15) is 10.1 Å². The molecule has 0 spiro atoms. The Morgan fingerprint density at radius 3 is 3.14 bits per heavy atom. The molecule has 76 valence electrons. The largest absolute Gasteiger partial charge is 0.410 e. The van der Waals surface area contributed by atoms with Gasteiger partial charge in [0.15, 0.2) is 0 Å². The molecule has 1 aliphatic rings. The first kappa shape index (κ1) is 9.07. The van der Waals surface area contributed by atoms with Gasteiger partial charge in [-0.1, -0.05) is 0 Å². The molecule has 1 saturated heterocycles. The van der Waals surface area contributed by atoms with E-state index in [1.807, 2.05) is 0 Å². The fraction of sp³-hybridized carbons (Fsp3) is 0.714. The topological polar surface area (TPSA) is 85.9 Å². The Balaban J connectivity index is 2.11. The third-order valence-electron chi connectivity index (χ3n) is 2.33. The van der Waals surface area contributed by atoms with Crippen molar-refractivity contribution in [2.24, 2.45) is 0 Å². The summed E-state index contributed by atoms with van der Waals surface area (Å²) >= 11 is 0. The zero-order valence-corrected chi connectivity index (χ0v) is 7.59. The summed E-state index contributed by atoms with van der Waals surface area (Å²) in [5, 5.41) is 20.8. The van der Waals surface area contributed by atoms with Crippen molar-refractivity contribution in [3.8, 4) is 0 Å². The number of nitro groups is 1. The van der Waals surface area contributed by atoms with Crippen LogP contribution in [0.2, 0.25) is 0 Å². The monoisotopic (exact) mass is 197 g/mol. The molecule has 0 aromatic carbocycles. The molecule has 1 aromatic heterocycles. The van der Waals surface area contributed by atoms with Crippen molar-refractivity contribution in [3.63, 3.8) is 0 Å². The molecule has 2 rings (SSSR count). The molecule has 0 bridgehead atoms. The van der Waals surface area contributed by atoms with E-state index in [0.29, 0.717) is 0 Å². The van der Waals surface area contributed by atoms with Crippen LogP contribution < -0.4 is 5.32 Å². The highest BCUT2D eigenvalue weighted by molar-refractivity contribution is 5.09. The molecular formula is C7H11N5O2. The molecular weight excluding hydrogens is 186 g/mol. The molecule has 1 fully saturated rings. The molecule has 0 radical (unpaired) electrons. The van der Waals surface area contributed by atoms with Gasteiger partial charge in [-0.25, -0.2) is 4.68 Å². The van der Waals surface area contributed by atoms with Crippen molar-refractivity contribution in [3.05, 3.63) is 16.3 Å². The van der Waals surface area contributed by atoms with Gasteiger partial charge in [0.05, 0.1) is 11.3 Å². The van der Waals surface area contributed by atoms with Crippen molar-refractivity contribution in [1.29, 1.82) is 0 Å². The molecule has 7 nitrogen and oxygen atoms in total. The number of hydrogen-bond donors (Lipinski definition) is 1. The van der Waals surface area contributed by atoms with Crippen molar-refractivity contribution < 1.29 is 4.92 Å². The van der Waals surface area contributed by atoms with Crippen LogP contribution in [0, 0.1) is 10.1 Å². The summed E-state index contributed by atoms with van der Waals surface area (Å²) < 4.78 is 1.57. The van der Waals surface area contributed by atoms with Crippen molar-refractivity contribution in [2.75, 3.05) is 13.1 Å². The maximum Gasteiger partial charge on any atom is 0.410 e. The molecule has 0 aliphatic carbocycles. The Morgan fingerprint density at radius 1 is 1.71 bits per heavy atom. The summed E-state index contributed by atoms with van der Waals surface area (Å²) in [5.41, 5.74) is 0. The molecule has 0 amide bonds. The van der Waals surface area contributed by atoms with Crippen LogP contribution in [0.3, 0.4) is 0 Å². The Morgan fingerprint density at radius 2 is 2.57 bits per heavy atom. The maximum atomic E-state index is 10.4. The number of hydrogen-bond acceptors (Lipinski definition) is 5. The Labute approximate surface area is 80.2 Å². The van der Waals surface area contributed by atoms with Gasteiger partial charge in [0.2, 0.25) is 0 Å². The lowest BCUT2D eigenvalue weighted by atomic mass is 10.1. The van der Waals surface area contributed by atoms with E-state index in [2.05, 4.69) is 15.6 Å².